The van der Waals surface area contributed by atoms with Crippen molar-refractivity contribution < 1.29 is 9.53 Å². The summed E-state index contributed by atoms with van der Waals surface area (Å²) < 4.78 is 7.14. The molecule has 25 heavy (non-hydrogen) atoms. The molecule has 2 aromatic carbocycles. The third-order valence-electron chi connectivity index (χ3n) is 3.79. The lowest BCUT2D eigenvalue weighted by Crippen LogP contribution is -2.10. The van der Waals surface area contributed by atoms with Gasteiger partial charge in [-0.05, 0) is 42.0 Å². The Kier molecular flexibility index (Phi) is 5.04. The molecule has 1 aromatic heterocycles. The molecule has 0 unspecified atom stereocenters. The number of benzene rings is 2. The number of carbonyl (C=O) groups excluding carboxylic acids is 1. The SMILES string of the molecule is COc1ccc(-c2nnc(SCc3ccc(C(N)=O)cc3)n2C)cc1. The number of ether oxygens (including phenoxy) is 1. The standard InChI is InChI=1S/C18H18N4O2S/c1-22-17(14-7-9-15(24-2)10-8-14)20-21-18(22)25-11-12-3-5-13(6-4-12)16(19)23/h3-10H,11H2,1-2H3,(H2,19,23). The van der Waals surface area contributed by atoms with Gasteiger partial charge in [0.1, 0.15) is 5.75 Å². The van der Waals surface area contributed by atoms with E-state index >= 15 is 0 Å². The fraction of sp³-hybridized carbons (Fsp3) is 0.167. The Hall–Kier alpha value is -2.80. The van der Waals surface area contributed by atoms with E-state index in [1.165, 1.54) is 0 Å². The largest absolute Gasteiger partial charge is 0.497 e. The Morgan fingerprint density at radius 2 is 1.80 bits per heavy atom. The smallest absolute Gasteiger partial charge is 0.248 e. The van der Waals surface area contributed by atoms with E-state index in [-0.39, 0.29) is 0 Å². The third kappa shape index (κ3) is 3.83. The maximum atomic E-state index is 11.1. The fourth-order valence-corrected chi connectivity index (χ4v) is 3.21. The first-order valence-corrected chi connectivity index (χ1v) is 8.62. The van der Waals surface area contributed by atoms with E-state index in [0.29, 0.717) is 5.56 Å². The molecule has 0 bridgehead atoms. The van der Waals surface area contributed by atoms with Crippen molar-refractivity contribution in [3.8, 4) is 17.1 Å². The van der Waals surface area contributed by atoms with Gasteiger partial charge in [-0.15, -0.1) is 10.2 Å². The van der Waals surface area contributed by atoms with Crippen molar-refractivity contribution in [3.05, 3.63) is 59.7 Å². The summed E-state index contributed by atoms with van der Waals surface area (Å²) in [6, 6.07) is 15.0. The molecule has 0 fully saturated rings. The van der Waals surface area contributed by atoms with Gasteiger partial charge in [-0.25, -0.2) is 0 Å². The molecule has 0 aliphatic rings. The van der Waals surface area contributed by atoms with Crippen LogP contribution in [0.3, 0.4) is 0 Å². The zero-order valence-corrected chi connectivity index (χ0v) is 14.8. The van der Waals surface area contributed by atoms with Gasteiger partial charge in [-0.1, -0.05) is 23.9 Å². The van der Waals surface area contributed by atoms with Gasteiger partial charge in [0.15, 0.2) is 11.0 Å². The zero-order chi connectivity index (χ0) is 17.8. The number of hydrogen-bond acceptors (Lipinski definition) is 5. The molecule has 0 radical (unpaired) electrons. The van der Waals surface area contributed by atoms with Crippen LogP contribution in [-0.4, -0.2) is 27.8 Å². The van der Waals surface area contributed by atoms with Gasteiger partial charge < -0.3 is 15.0 Å². The quantitative estimate of drug-likeness (QED) is 0.688. The minimum Gasteiger partial charge on any atom is -0.497 e. The number of carbonyl (C=O) groups is 1. The Labute approximate surface area is 150 Å². The van der Waals surface area contributed by atoms with Gasteiger partial charge >= 0.3 is 0 Å². The lowest BCUT2D eigenvalue weighted by molar-refractivity contribution is 0.100. The van der Waals surface area contributed by atoms with Crippen LogP contribution in [0.2, 0.25) is 0 Å². The molecule has 0 aliphatic heterocycles. The van der Waals surface area contributed by atoms with Crippen molar-refractivity contribution in [1.82, 2.24) is 14.8 Å². The second-order valence-electron chi connectivity index (χ2n) is 5.44. The molecule has 2 N–H and O–H groups in total. The number of rotatable bonds is 6. The van der Waals surface area contributed by atoms with Gasteiger partial charge in [0.25, 0.3) is 0 Å². The molecular formula is C18H18N4O2S. The first-order chi connectivity index (χ1) is 12.1. The van der Waals surface area contributed by atoms with Gasteiger partial charge in [0, 0.05) is 23.9 Å². The molecule has 128 valence electrons. The van der Waals surface area contributed by atoms with Crippen molar-refractivity contribution in [3.63, 3.8) is 0 Å². The Morgan fingerprint density at radius 1 is 1.12 bits per heavy atom. The van der Waals surface area contributed by atoms with E-state index < -0.39 is 5.91 Å². The molecule has 0 aliphatic carbocycles. The van der Waals surface area contributed by atoms with Crippen LogP contribution in [0.15, 0.2) is 53.7 Å². The zero-order valence-electron chi connectivity index (χ0n) is 14.0. The molecule has 3 rings (SSSR count). The molecule has 6 nitrogen and oxygen atoms in total. The van der Waals surface area contributed by atoms with Gasteiger partial charge in [0.05, 0.1) is 7.11 Å². The number of aromatic nitrogens is 3. The summed E-state index contributed by atoms with van der Waals surface area (Å²) >= 11 is 1.59. The molecule has 3 aromatic rings. The average molecular weight is 354 g/mol. The summed E-state index contributed by atoms with van der Waals surface area (Å²) in [4.78, 5) is 11.1. The predicted molar refractivity (Wildman–Crippen MR) is 97.5 cm³/mol. The average Bonchev–Trinajstić information content (AvgIpc) is 3.01. The van der Waals surface area contributed by atoms with Crippen molar-refractivity contribution in [1.29, 1.82) is 0 Å². The van der Waals surface area contributed by atoms with Crippen LogP contribution in [-0.2, 0) is 12.8 Å². The summed E-state index contributed by atoms with van der Waals surface area (Å²) in [7, 11) is 3.58. The molecule has 0 saturated heterocycles. The molecule has 0 atom stereocenters. The second-order valence-corrected chi connectivity index (χ2v) is 6.39. The highest BCUT2D eigenvalue weighted by Crippen LogP contribution is 2.26. The maximum Gasteiger partial charge on any atom is 0.248 e. The summed E-state index contributed by atoms with van der Waals surface area (Å²) in [6.45, 7) is 0. The Balaban J connectivity index is 1.71. The first-order valence-electron chi connectivity index (χ1n) is 7.64. The third-order valence-corrected chi connectivity index (χ3v) is 4.88. The highest BCUT2D eigenvalue weighted by Gasteiger charge is 2.11. The van der Waals surface area contributed by atoms with Crippen molar-refractivity contribution in [2.75, 3.05) is 7.11 Å². The van der Waals surface area contributed by atoms with E-state index in [4.69, 9.17) is 10.5 Å². The minimum absolute atomic E-state index is 0.420. The lowest BCUT2D eigenvalue weighted by Gasteiger charge is -2.05. The molecule has 0 saturated carbocycles. The van der Waals surface area contributed by atoms with E-state index in [9.17, 15) is 4.79 Å². The van der Waals surface area contributed by atoms with Gasteiger partial charge in [-0.2, -0.15) is 0 Å². The number of nitrogens with zero attached hydrogens (tertiary/aromatic N) is 3. The van der Waals surface area contributed by atoms with Crippen molar-refractivity contribution >= 4 is 17.7 Å². The first kappa shape index (κ1) is 17.0. The summed E-state index contributed by atoms with van der Waals surface area (Å²) in [5.41, 5.74) is 7.83. The van der Waals surface area contributed by atoms with Crippen molar-refractivity contribution in [2.45, 2.75) is 10.9 Å². The number of amides is 1. The Morgan fingerprint density at radius 3 is 2.40 bits per heavy atom. The van der Waals surface area contributed by atoms with Crippen LogP contribution in [0.4, 0.5) is 0 Å². The predicted octanol–water partition coefficient (Wildman–Crippen LogP) is 2.88. The topological polar surface area (TPSA) is 83.0 Å². The highest BCUT2D eigenvalue weighted by molar-refractivity contribution is 7.98. The molecular weight excluding hydrogens is 336 g/mol. The molecule has 0 spiro atoms. The monoisotopic (exact) mass is 354 g/mol. The molecule has 1 amide bonds. The van der Waals surface area contributed by atoms with Crippen LogP contribution in [0.5, 0.6) is 5.75 Å². The number of primary amides is 1. The van der Waals surface area contributed by atoms with Crippen LogP contribution in [0, 0.1) is 0 Å². The number of methoxy groups -OCH3 is 1. The molecule has 1 heterocycles. The minimum atomic E-state index is -0.420. The van der Waals surface area contributed by atoms with Crippen LogP contribution in [0.1, 0.15) is 15.9 Å². The van der Waals surface area contributed by atoms with E-state index in [1.807, 2.05) is 48.0 Å². The maximum absolute atomic E-state index is 11.1. The number of nitrogens with two attached hydrogens (primary N) is 1. The van der Waals surface area contributed by atoms with Crippen molar-refractivity contribution in [2.24, 2.45) is 12.8 Å². The van der Waals surface area contributed by atoms with Crippen LogP contribution < -0.4 is 10.5 Å². The number of thioether (sulfide) groups is 1. The highest BCUT2D eigenvalue weighted by atomic mass is 32.2. The summed E-state index contributed by atoms with van der Waals surface area (Å²) in [5.74, 6) is 1.92. The van der Waals surface area contributed by atoms with Crippen LogP contribution in [0.25, 0.3) is 11.4 Å². The van der Waals surface area contributed by atoms with Gasteiger partial charge in [-0.3, -0.25) is 4.79 Å². The normalized spacial score (nSPS) is 10.6. The number of hydrogen-bond donors (Lipinski definition) is 1. The fourth-order valence-electron chi connectivity index (χ4n) is 2.35. The summed E-state index contributed by atoms with van der Waals surface area (Å²) in [6.07, 6.45) is 0. The van der Waals surface area contributed by atoms with E-state index in [2.05, 4.69) is 10.2 Å². The second kappa shape index (κ2) is 7.40. The van der Waals surface area contributed by atoms with E-state index in [0.717, 1.165) is 33.6 Å². The Bertz CT molecular complexity index is 873. The van der Waals surface area contributed by atoms with Gasteiger partial charge in [0.2, 0.25) is 5.91 Å². The summed E-state index contributed by atoms with van der Waals surface area (Å²) in [5, 5.41) is 9.37. The van der Waals surface area contributed by atoms with E-state index in [1.54, 1.807) is 31.0 Å². The lowest BCUT2D eigenvalue weighted by atomic mass is 10.1. The van der Waals surface area contributed by atoms with Crippen LogP contribution >= 0.6 is 11.8 Å². The molecule has 7 heteroatoms.